The van der Waals surface area contributed by atoms with E-state index in [9.17, 15) is 0 Å². The zero-order chi connectivity index (χ0) is 27.3. The van der Waals surface area contributed by atoms with Crippen LogP contribution < -0.4 is 0 Å². The van der Waals surface area contributed by atoms with E-state index in [4.69, 9.17) is 18.3 Å². The van der Waals surface area contributed by atoms with Crippen LogP contribution in [-0.4, -0.2) is 34.0 Å². The molecule has 1 saturated heterocycles. The van der Waals surface area contributed by atoms with Crippen LogP contribution in [0.2, 0.25) is 10.1 Å². The van der Waals surface area contributed by atoms with Gasteiger partial charge in [-0.15, -0.1) is 0 Å². The van der Waals surface area contributed by atoms with E-state index in [2.05, 4.69) is 111 Å². The van der Waals surface area contributed by atoms with Crippen LogP contribution in [0.1, 0.15) is 73.4 Å². The monoisotopic (exact) mass is 526 g/mol. The van der Waals surface area contributed by atoms with Crippen LogP contribution in [0.5, 0.6) is 0 Å². The van der Waals surface area contributed by atoms with Crippen LogP contribution in [0.4, 0.5) is 0 Å². The minimum atomic E-state index is -2.70. The van der Waals surface area contributed by atoms with Crippen molar-refractivity contribution in [3.63, 3.8) is 0 Å². The first-order valence-electron chi connectivity index (χ1n) is 13.9. The van der Waals surface area contributed by atoms with Crippen LogP contribution in [0.3, 0.4) is 0 Å². The molecule has 0 radical (unpaired) electrons. The molecule has 0 saturated carbocycles. The SMILES string of the molecule is CC1[C@H]([C@@H](C)COCc2ccccc2)O[Si](C(C)(C)C)(C(C)(C)C)O[C@@H]1[C@@H](C)COCc1ccccc1. The predicted octanol–water partition coefficient (Wildman–Crippen LogP) is 8.15. The van der Waals surface area contributed by atoms with Crippen LogP contribution >= 0.6 is 0 Å². The Morgan fingerprint density at radius 3 is 1.35 bits per heavy atom. The number of benzene rings is 2. The summed E-state index contributed by atoms with van der Waals surface area (Å²) in [6.07, 6.45) is 0.132. The molecule has 3 rings (SSSR count). The van der Waals surface area contributed by atoms with Crippen molar-refractivity contribution in [2.75, 3.05) is 13.2 Å². The Kier molecular flexibility index (Phi) is 10.2. The summed E-state index contributed by atoms with van der Waals surface area (Å²) >= 11 is 0. The predicted molar refractivity (Wildman–Crippen MR) is 155 cm³/mol. The van der Waals surface area contributed by atoms with Crippen molar-refractivity contribution >= 4 is 8.56 Å². The Bertz CT molecular complexity index is 857. The summed E-state index contributed by atoms with van der Waals surface area (Å²) in [6.45, 7) is 23.2. The van der Waals surface area contributed by atoms with E-state index in [1.807, 2.05) is 12.1 Å². The second-order valence-corrected chi connectivity index (χ2v) is 17.8. The van der Waals surface area contributed by atoms with Crippen LogP contribution in [-0.2, 0) is 31.5 Å². The molecule has 1 unspecified atom stereocenters. The first-order valence-corrected chi connectivity index (χ1v) is 15.8. The minimum absolute atomic E-state index is 0.0659. The van der Waals surface area contributed by atoms with Gasteiger partial charge in [0.15, 0.2) is 0 Å². The van der Waals surface area contributed by atoms with Crippen molar-refractivity contribution < 1.29 is 18.3 Å². The zero-order valence-corrected chi connectivity index (χ0v) is 25.6. The van der Waals surface area contributed by atoms with E-state index in [1.165, 1.54) is 11.1 Å². The topological polar surface area (TPSA) is 36.9 Å². The first-order chi connectivity index (χ1) is 17.4. The molecule has 1 fully saturated rings. The Morgan fingerprint density at radius 1 is 0.676 bits per heavy atom. The average molecular weight is 527 g/mol. The molecule has 4 nitrogen and oxygen atoms in total. The molecule has 5 heteroatoms. The van der Waals surface area contributed by atoms with E-state index >= 15 is 0 Å². The van der Waals surface area contributed by atoms with Gasteiger partial charge in [-0.3, -0.25) is 0 Å². The molecule has 0 N–H and O–H groups in total. The molecule has 0 spiro atoms. The van der Waals surface area contributed by atoms with Crippen molar-refractivity contribution in [2.24, 2.45) is 17.8 Å². The van der Waals surface area contributed by atoms with Gasteiger partial charge in [-0.2, -0.15) is 0 Å². The van der Waals surface area contributed by atoms with Crippen molar-refractivity contribution in [1.29, 1.82) is 0 Å². The average Bonchev–Trinajstić information content (AvgIpc) is 2.84. The lowest BCUT2D eigenvalue weighted by molar-refractivity contribution is -0.120. The van der Waals surface area contributed by atoms with E-state index < -0.39 is 8.56 Å². The van der Waals surface area contributed by atoms with Gasteiger partial charge in [-0.1, -0.05) is 123 Å². The highest BCUT2D eigenvalue weighted by Crippen LogP contribution is 2.57. The maximum atomic E-state index is 7.23. The Morgan fingerprint density at radius 2 is 1.03 bits per heavy atom. The highest BCUT2D eigenvalue weighted by Gasteiger charge is 2.64. The summed E-state index contributed by atoms with van der Waals surface area (Å²) in [5.74, 6) is 0.731. The number of hydrogen-bond donors (Lipinski definition) is 0. The Balaban J connectivity index is 1.78. The van der Waals surface area contributed by atoms with Gasteiger partial charge in [0.2, 0.25) is 0 Å². The molecule has 37 heavy (non-hydrogen) atoms. The number of hydrogen-bond acceptors (Lipinski definition) is 4. The van der Waals surface area contributed by atoms with Gasteiger partial charge < -0.3 is 18.3 Å². The second-order valence-electron chi connectivity index (χ2n) is 13.1. The molecule has 0 amide bonds. The molecule has 1 aliphatic heterocycles. The summed E-state index contributed by atoms with van der Waals surface area (Å²) in [7, 11) is -2.70. The molecule has 1 heterocycles. The quantitative estimate of drug-likeness (QED) is 0.293. The van der Waals surface area contributed by atoms with Gasteiger partial charge in [0.25, 0.3) is 0 Å². The molecule has 5 atom stereocenters. The lowest BCUT2D eigenvalue weighted by atomic mass is 9.84. The fourth-order valence-corrected chi connectivity index (χ4v) is 11.4. The summed E-state index contributed by atoms with van der Waals surface area (Å²) in [4.78, 5) is 0. The second kappa shape index (κ2) is 12.6. The van der Waals surface area contributed by atoms with Crippen LogP contribution in [0.25, 0.3) is 0 Å². The molecular formula is C32H50O4Si. The smallest absolute Gasteiger partial charge is 0.349 e. The molecular weight excluding hydrogens is 476 g/mol. The number of ether oxygens (including phenoxy) is 2. The van der Waals surface area contributed by atoms with Crippen LogP contribution in [0, 0.1) is 17.8 Å². The summed E-state index contributed by atoms with van der Waals surface area (Å²) in [5.41, 5.74) is 2.40. The molecule has 0 aliphatic carbocycles. The van der Waals surface area contributed by atoms with Gasteiger partial charge >= 0.3 is 8.56 Å². The standard InChI is InChI=1S/C32H50O4Si/c1-24(20-33-22-27-16-12-10-13-17-27)29-26(3)30(25(2)21-34-23-28-18-14-11-15-19-28)36-37(35-29,31(4,5)6)32(7,8)9/h10-19,24-26,29-30H,20-23H2,1-9H3/t24-,25-,26?,29-,30+/m0/s1. The van der Waals surface area contributed by atoms with E-state index in [0.717, 1.165) is 0 Å². The first kappa shape index (κ1) is 30.0. The Labute approximate surface area is 227 Å². The van der Waals surface area contributed by atoms with E-state index in [1.54, 1.807) is 0 Å². The third-order valence-electron chi connectivity index (χ3n) is 7.72. The van der Waals surface area contributed by atoms with Crippen LogP contribution in [0.15, 0.2) is 60.7 Å². The molecule has 2 aromatic carbocycles. The van der Waals surface area contributed by atoms with Gasteiger partial charge in [0, 0.05) is 27.8 Å². The lowest BCUT2D eigenvalue weighted by Gasteiger charge is -2.58. The maximum Gasteiger partial charge on any atom is 0.349 e. The largest absolute Gasteiger partial charge is 0.390 e. The summed E-state index contributed by atoms with van der Waals surface area (Å²) in [5, 5.41) is -0.172. The third kappa shape index (κ3) is 7.33. The maximum absolute atomic E-state index is 7.23. The fourth-order valence-electron chi connectivity index (χ4n) is 5.98. The molecule has 0 aromatic heterocycles. The molecule has 206 valence electrons. The van der Waals surface area contributed by atoms with Gasteiger partial charge in [0.05, 0.1) is 38.6 Å². The molecule has 1 aliphatic rings. The molecule has 0 bridgehead atoms. The zero-order valence-electron chi connectivity index (χ0n) is 24.6. The van der Waals surface area contributed by atoms with Gasteiger partial charge in [-0.25, -0.2) is 0 Å². The van der Waals surface area contributed by atoms with E-state index in [0.29, 0.717) is 26.4 Å². The van der Waals surface area contributed by atoms with Gasteiger partial charge in [-0.05, 0) is 11.1 Å². The van der Waals surface area contributed by atoms with E-state index in [-0.39, 0.29) is 40.0 Å². The van der Waals surface area contributed by atoms with Crippen molar-refractivity contribution in [3.8, 4) is 0 Å². The van der Waals surface area contributed by atoms with Crippen molar-refractivity contribution in [1.82, 2.24) is 0 Å². The Hall–Kier alpha value is -1.50. The third-order valence-corrected chi connectivity index (χ3v) is 12.9. The lowest BCUT2D eigenvalue weighted by Crippen LogP contribution is -2.67. The normalized spacial score (nSPS) is 24.0. The minimum Gasteiger partial charge on any atom is -0.390 e. The summed E-state index contributed by atoms with van der Waals surface area (Å²) < 4.78 is 26.9. The number of rotatable bonds is 10. The van der Waals surface area contributed by atoms with Crippen molar-refractivity contribution in [3.05, 3.63) is 71.8 Å². The molecule has 2 aromatic rings. The highest BCUT2D eigenvalue weighted by molar-refractivity contribution is 6.73. The fraction of sp³-hybridized carbons (Fsp3) is 0.625. The van der Waals surface area contributed by atoms with Gasteiger partial charge in [0.1, 0.15) is 0 Å². The van der Waals surface area contributed by atoms with Crippen molar-refractivity contribution in [2.45, 2.75) is 97.8 Å². The highest BCUT2D eigenvalue weighted by atomic mass is 28.4. The summed E-state index contributed by atoms with van der Waals surface area (Å²) in [6, 6.07) is 20.8.